The minimum absolute atomic E-state index is 0.0277. The lowest BCUT2D eigenvalue weighted by atomic mass is 9.72. The lowest BCUT2D eigenvalue weighted by Crippen LogP contribution is -2.50. The number of carbonyl (C=O) groups excluding carboxylic acids is 5. The standard InChI is InChI=1S/C75H87F7N8O8/c1-85(68(92)45-53-22-28-61(29-23-53)83-35-13-5-8-21-67(91)87(3)43-44-88-38-30-62(31-39-88)98-71(95)84-65-20-12-10-18-63(65)54-15-6-4-7-16-54)36-14-37-86(2)69(93)50-96-66-48-55-17-9-11-19-64(55)72(66)32-40-89(41-33-72)42-34-73(57-24-26-60(76)27-25-57)51-90(52-97-73)70(94)56-46-58(74(77,78)79)49-59(47-56)75(80,81)82/h4,6-7,9-12,15-20,22-29,46-47,49,62,66,83H,5,8,13-14,21,30-45,48,50-52H2,1-3H3,(H,84,95)/t66-,73+/m0/s1. The molecule has 3 fully saturated rings. The molecule has 1 aliphatic carbocycles. The van der Waals surface area contributed by atoms with E-state index in [0.29, 0.717) is 94.8 Å². The van der Waals surface area contributed by atoms with E-state index >= 15 is 0 Å². The highest BCUT2D eigenvalue weighted by atomic mass is 19.4. The number of likely N-dealkylation sites (N-methyl/N-ethyl adjacent to an activating group) is 3. The van der Waals surface area contributed by atoms with E-state index in [0.717, 1.165) is 91.1 Å². The van der Waals surface area contributed by atoms with E-state index < -0.39 is 64.6 Å². The van der Waals surface area contributed by atoms with Crippen molar-refractivity contribution >= 4 is 41.1 Å². The van der Waals surface area contributed by atoms with Gasteiger partial charge in [-0.2, -0.15) is 26.3 Å². The maximum absolute atomic E-state index is 14.2. The fourth-order valence-electron chi connectivity index (χ4n) is 13.8. The Morgan fingerprint density at radius 1 is 0.653 bits per heavy atom. The van der Waals surface area contributed by atoms with Gasteiger partial charge in [0.15, 0.2) is 0 Å². The Morgan fingerprint density at radius 3 is 1.98 bits per heavy atom. The van der Waals surface area contributed by atoms with Gasteiger partial charge in [0.25, 0.3) is 5.91 Å². The van der Waals surface area contributed by atoms with Crippen LogP contribution in [0, 0.1) is 5.82 Å². The van der Waals surface area contributed by atoms with Crippen molar-refractivity contribution in [3.05, 3.63) is 190 Å². The van der Waals surface area contributed by atoms with E-state index in [2.05, 4.69) is 32.6 Å². The fraction of sp³-hybridized carbons (Fsp3) is 0.453. The van der Waals surface area contributed by atoms with Gasteiger partial charge in [-0.1, -0.05) is 103 Å². The maximum Gasteiger partial charge on any atom is 0.416 e. The van der Waals surface area contributed by atoms with Crippen LogP contribution in [0.2, 0.25) is 0 Å². The van der Waals surface area contributed by atoms with Crippen LogP contribution in [0.1, 0.15) is 108 Å². The fourth-order valence-corrected chi connectivity index (χ4v) is 13.8. The second kappa shape index (κ2) is 32.5. The molecule has 4 aliphatic rings. The molecule has 98 heavy (non-hydrogen) atoms. The number of piperidine rings is 2. The summed E-state index contributed by atoms with van der Waals surface area (Å²) in [6.07, 6.45) is -3.66. The smallest absolute Gasteiger partial charge is 0.416 e. The first-order valence-corrected chi connectivity index (χ1v) is 33.8. The number of benzene rings is 6. The third-order valence-electron chi connectivity index (χ3n) is 19.8. The SMILES string of the molecule is CN(CCN1CCC(OC(=O)Nc2ccccc2-c2ccccc2)CC1)C(=O)CCCCCNc1ccc(CC(=O)N(C)CCCN(C)C(=O)CO[C@H]2Cc3ccccc3C23CCN(CC[C@]2(c4ccc(F)cc4)CN(C(=O)c4cc(C(F)(F)F)cc(C(F)(F)F)c4)CO2)CC3)cc1. The molecule has 0 radical (unpaired) electrons. The zero-order chi connectivity index (χ0) is 69.6. The van der Waals surface area contributed by atoms with E-state index in [1.807, 2.05) is 98.0 Å². The Morgan fingerprint density at radius 2 is 1.29 bits per heavy atom. The largest absolute Gasteiger partial charge is 0.446 e. The highest BCUT2D eigenvalue weighted by Gasteiger charge is 2.50. The summed E-state index contributed by atoms with van der Waals surface area (Å²) in [5.41, 5.74) is 1.61. The Balaban J connectivity index is 0.595. The van der Waals surface area contributed by atoms with Crippen molar-refractivity contribution in [3.63, 3.8) is 0 Å². The number of anilines is 2. The first kappa shape index (κ1) is 72.4. The molecular weight excluding hydrogens is 1270 g/mol. The number of amides is 5. The molecule has 5 amide bonds. The van der Waals surface area contributed by atoms with Gasteiger partial charge < -0.3 is 48.9 Å². The van der Waals surface area contributed by atoms with Crippen LogP contribution in [0.15, 0.2) is 146 Å². The Hall–Kier alpha value is -8.38. The van der Waals surface area contributed by atoms with Crippen LogP contribution in [-0.4, -0.2) is 178 Å². The average Bonchev–Trinajstić information content (AvgIpc) is 1.58. The first-order chi connectivity index (χ1) is 46.9. The summed E-state index contributed by atoms with van der Waals surface area (Å²) in [5, 5.41) is 6.38. The Bertz CT molecular complexity index is 3650. The van der Waals surface area contributed by atoms with Gasteiger partial charge in [-0.3, -0.25) is 24.5 Å². The number of carbonyl (C=O) groups is 5. The van der Waals surface area contributed by atoms with E-state index in [1.54, 1.807) is 28.8 Å². The highest BCUT2D eigenvalue weighted by molar-refractivity contribution is 5.95. The van der Waals surface area contributed by atoms with Gasteiger partial charge in [0, 0.05) is 102 Å². The summed E-state index contributed by atoms with van der Waals surface area (Å²) in [5.74, 6) is -1.70. The molecule has 3 aliphatic heterocycles. The van der Waals surface area contributed by atoms with Crippen LogP contribution in [0.3, 0.4) is 0 Å². The number of rotatable bonds is 27. The lowest BCUT2D eigenvalue weighted by Gasteiger charge is -2.44. The van der Waals surface area contributed by atoms with Crippen LogP contribution in [0.25, 0.3) is 11.1 Å². The molecule has 0 saturated carbocycles. The predicted molar refractivity (Wildman–Crippen MR) is 359 cm³/mol. The number of hydrogen-bond acceptors (Lipinski definition) is 11. The number of likely N-dealkylation sites (tertiary alicyclic amines) is 2. The molecule has 16 nitrogen and oxygen atoms in total. The molecular formula is C75H87F7N8O8. The number of hydrogen-bond donors (Lipinski definition) is 2. The summed E-state index contributed by atoms with van der Waals surface area (Å²) in [6, 6.07) is 39.8. The highest BCUT2D eigenvalue weighted by Crippen LogP contribution is 2.48. The molecule has 0 bridgehead atoms. The molecule has 10 rings (SSSR count). The van der Waals surface area contributed by atoms with E-state index in [9.17, 15) is 54.7 Å². The van der Waals surface area contributed by atoms with Crippen LogP contribution < -0.4 is 10.6 Å². The zero-order valence-electron chi connectivity index (χ0n) is 55.8. The molecule has 0 unspecified atom stereocenters. The van der Waals surface area contributed by atoms with Gasteiger partial charge in [-0.15, -0.1) is 0 Å². The quantitative estimate of drug-likeness (QED) is 0.0374. The predicted octanol–water partition coefficient (Wildman–Crippen LogP) is 12.9. The number of halogens is 7. The van der Waals surface area contributed by atoms with Crippen molar-refractivity contribution in [2.75, 3.05) is 117 Å². The number of alkyl halides is 6. The molecule has 2 N–H and O–H groups in total. The van der Waals surface area contributed by atoms with Gasteiger partial charge in [0.05, 0.1) is 35.9 Å². The topological polar surface area (TPSA) is 157 Å². The number of nitrogens with zero attached hydrogens (tertiary/aromatic N) is 6. The zero-order valence-corrected chi connectivity index (χ0v) is 55.8. The summed E-state index contributed by atoms with van der Waals surface area (Å²) in [6.45, 7) is 5.44. The summed E-state index contributed by atoms with van der Waals surface area (Å²) < 4.78 is 116. The van der Waals surface area contributed by atoms with Crippen LogP contribution in [0.5, 0.6) is 0 Å². The van der Waals surface area contributed by atoms with Crippen molar-refractivity contribution in [2.24, 2.45) is 0 Å². The molecule has 3 saturated heterocycles. The van der Waals surface area contributed by atoms with Gasteiger partial charge in [0.2, 0.25) is 17.7 Å². The van der Waals surface area contributed by atoms with E-state index in [4.69, 9.17) is 14.2 Å². The summed E-state index contributed by atoms with van der Waals surface area (Å²) >= 11 is 0. The molecule has 1 spiro atoms. The van der Waals surface area contributed by atoms with Gasteiger partial charge in [-0.25, -0.2) is 9.18 Å². The number of nitrogens with one attached hydrogen (secondary N) is 2. The molecule has 0 aromatic heterocycles. The second-order valence-corrected chi connectivity index (χ2v) is 26.4. The minimum atomic E-state index is -5.15. The molecule has 524 valence electrons. The van der Waals surface area contributed by atoms with Crippen molar-refractivity contribution in [1.29, 1.82) is 0 Å². The van der Waals surface area contributed by atoms with E-state index in [1.165, 1.54) is 29.8 Å². The molecule has 23 heteroatoms. The van der Waals surface area contributed by atoms with Crippen LogP contribution in [0.4, 0.5) is 46.9 Å². The normalized spacial score (nSPS) is 18.1. The average molecular weight is 1360 g/mol. The minimum Gasteiger partial charge on any atom is -0.446 e. The van der Waals surface area contributed by atoms with Crippen molar-refractivity contribution < 1.29 is 68.9 Å². The van der Waals surface area contributed by atoms with Crippen molar-refractivity contribution in [2.45, 2.75) is 113 Å². The monoisotopic (exact) mass is 1360 g/mol. The van der Waals surface area contributed by atoms with E-state index in [-0.39, 0.29) is 62.0 Å². The van der Waals surface area contributed by atoms with Crippen LogP contribution >= 0.6 is 0 Å². The summed E-state index contributed by atoms with van der Waals surface area (Å²) in [4.78, 5) is 77.3. The first-order valence-electron chi connectivity index (χ1n) is 33.8. The third-order valence-corrected chi connectivity index (χ3v) is 19.8. The second-order valence-electron chi connectivity index (χ2n) is 26.4. The number of ether oxygens (including phenoxy) is 3. The molecule has 2 atom stereocenters. The van der Waals surface area contributed by atoms with Gasteiger partial charge >= 0.3 is 18.4 Å². The maximum atomic E-state index is 14.2. The number of fused-ring (bicyclic) bond motifs is 2. The van der Waals surface area contributed by atoms with Gasteiger partial charge in [0.1, 0.15) is 30.9 Å². The Kier molecular flexibility index (Phi) is 24.0. The van der Waals surface area contributed by atoms with Crippen molar-refractivity contribution in [3.8, 4) is 11.1 Å². The van der Waals surface area contributed by atoms with Crippen LogP contribution in [-0.2, 0) is 64.8 Å². The van der Waals surface area contributed by atoms with Gasteiger partial charge in [-0.05, 0) is 147 Å². The third kappa shape index (κ3) is 18.7. The number of para-hydroxylation sites is 1. The molecule has 3 heterocycles. The lowest BCUT2D eigenvalue weighted by molar-refractivity contribution is -0.143. The molecule has 6 aromatic rings. The summed E-state index contributed by atoms with van der Waals surface area (Å²) in [7, 11) is 5.34. The molecule has 6 aromatic carbocycles. The number of unbranched alkanes of at least 4 members (excludes halogenated alkanes) is 2. The Labute approximate surface area is 568 Å². The van der Waals surface area contributed by atoms with Crippen molar-refractivity contribution in [1.82, 2.24) is 29.4 Å².